The number of rotatable bonds is 4. The van der Waals surface area contributed by atoms with Crippen LogP contribution in [0.1, 0.15) is 26.3 Å². The molecule has 1 aliphatic rings. The zero-order chi connectivity index (χ0) is 21.3. The Labute approximate surface area is 176 Å². The Morgan fingerprint density at radius 3 is 2.63 bits per heavy atom. The molecule has 8 nitrogen and oxygen atoms in total. The van der Waals surface area contributed by atoms with Gasteiger partial charge in [-0.2, -0.15) is 11.8 Å². The molecule has 2 heterocycles. The molecule has 0 atom stereocenters. The number of anilines is 1. The number of thioether (sulfide) groups is 1. The molecule has 2 aromatic carbocycles. The molecule has 3 aromatic rings. The van der Waals surface area contributed by atoms with Gasteiger partial charge in [-0.1, -0.05) is 0 Å². The van der Waals surface area contributed by atoms with Gasteiger partial charge in [-0.15, -0.1) is 0 Å². The van der Waals surface area contributed by atoms with Crippen molar-refractivity contribution in [3.8, 4) is 0 Å². The quantitative estimate of drug-likeness (QED) is 0.489. The van der Waals surface area contributed by atoms with Crippen LogP contribution in [0.25, 0.3) is 10.9 Å². The van der Waals surface area contributed by atoms with Crippen molar-refractivity contribution in [1.82, 2.24) is 9.88 Å². The maximum Gasteiger partial charge on any atom is 0.270 e. The predicted molar refractivity (Wildman–Crippen MR) is 117 cm³/mol. The fourth-order valence-corrected chi connectivity index (χ4v) is 4.39. The summed E-state index contributed by atoms with van der Waals surface area (Å²) in [5.41, 5.74) is 2.84. The maximum absolute atomic E-state index is 12.8. The van der Waals surface area contributed by atoms with Crippen molar-refractivity contribution in [1.29, 1.82) is 0 Å². The highest BCUT2D eigenvalue weighted by Gasteiger charge is 2.20. The molecule has 1 saturated heterocycles. The minimum absolute atomic E-state index is 0.000199. The Balaban J connectivity index is 1.55. The first-order valence-corrected chi connectivity index (χ1v) is 10.6. The lowest BCUT2D eigenvalue weighted by atomic mass is 10.1. The average molecular weight is 424 g/mol. The third kappa shape index (κ3) is 3.88. The number of nitrogens with one attached hydrogen (secondary N) is 2. The number of hydrogen-bond donors (Lipinski definition) is 2. The van der Waals surface area contributed by atoms with Crippen LogP contribution in [0, 0.1) is 17.0 Å². The van der Waals surface area contributed by atoms with Crippen LogP contribution >= 0.6 is 11.8 Å². The number of hydrogen-bond acceptors (Lipinski definition) is 5. The molecule has 30 heavy (non-hydrogen) atoms. The van der Waals surface area contributed by atoms with Gasteiger partial charge in [0.1, 0.15) is 0 Å². The molecule has 9 heteroatoms. The molecule has 0 aliphatic carbocycles. The Kier molecular flexibility index (Phi) is 5.45. The lowest BCUT2D eigenvalue weighted by Gasteiger charge is -2.26. The van der Waals surface area contributed by atoms with Gasteiger partial charge in [-0.3, -0.25) is 19.7 Å². The standard InChI is InChI=1S/C21H20N4O4S/c1-13-10-14(21(27)24-6-8-30-9-7-24)2-4-18(13)23-20(26)17-12-22-19-5-3-15(25(28)29)11-16(17)19/h2-5,10-12,22H,6-9H2,1H3,(H,23,26). The molecule has 0 bridgehead atoms. The van der Waals surface area contributed by atoms with Crippen molar-refractivity contribution in [2.24, 2.45) is 0 Å². The largest absolute Gasteiger partial charge is 0.360 e. The SMILES string of the molecule is Cc1cc(C(=O)N2CCSCC2)ccc1NC(=O)c1c[nH]c2ccc([N+](=O)[O-])cc12. The Hall–Kier alpha value is -3.33. The lowest BCUT2D eigenvalue weighted by Crippen LogP contribution is -2.37. The number of amides is 2. The van der Waals surface area contributed by atoms with Gasteiger partial charge in [0.15, 0.2) is 0 Å². The third-order valence-electron chi connectivity index (χ3n) is 5.14. The van der Waals surface area contributed by atoms with Crippen LogP contribution in [-0.4, -0.2) is 51.2 Å². The number of carbonyl (C=O) groups excluding carboxylic acids is 2. The second-order valence-corrected chi connectivity index (χ2v) is 8.30. The van der Waals surface area contributed by atoms with Crippen LogP contribution in [0.3, 0.4) is 0 Å². The normalized spacial score (nSPS) is 14.0. The first-order valence-electron chi connectivity index (χ1n) is 9.48. The van der Waals surface area contributed by atoms with Gasteiger partial charge in [-0.25, -0.2) is 0 Å². The van der Waals surface area contributed by atoms with Gasteiger partial charge >= 0.3 is 0 Å². The number of aryl methyl sites for hydroxylation is 1. The molecule has 0 radical (unpaired) electrons. The molecular weight excluding hydrogens is 404 g/mol. The van der Waals surface area contributed by atoms with E-state index < -0.39 is 4.92 Å². The Morgan fingerprint density at radius 1 is 1.17 bits per heavy atom. The number of aromatic nitrogens is 1. The van der Waals surface area contributed by atoms with E-state index in [9.17, 15) is 19.7 Å². The number of benzene rings is 2. The van der Waals surface area contributed by atoms with E-state index in [4.69, 9.17) is 0 Å². The zero-order valence-corrected chi connectivity index (χ0v) is 17.1. The van der Waals surface area contributed by atoms with E-state index >= 15 is 0 Å². The van der Waals surface area contributed by atoms with Crippen LogP contribution in [-0.2, 0) is 0 Å². The molecule has 1 fully saturated rings. The Morgan fingerprint density at radius 2 is 1.93 bits per heavy atom. The van der Waals surface area contributed by atoms with Gasteiger partial charge in [-0.05, 0) is 36.8 Å². The van der Waals surface area contributed by atoms with E-state index in [0.29, 0.717) is 27.7 Å². The third-order valence-corrected chi connectivity index (χ3v) is 6.08. The molecule has 154 valence electrons. The number of fused-ring (bicyclic) bond motifs is 1. The predicted octanol–water partition coefficient (Wildman–Crippen LogP) is 3.83. The van der Waals surface area contributed by atoms with Crippen molar-refractivity contribution in [2.75, 3.05) is 29.9 Å². The van der Waals surface area contributed by atoms with E-state index in [-0.39, 0.29) is 17.5 Å². The highest BCUT2D eigenvalue weighted by Crippen LogP contribution is 2.25. The minimum atomic E-state index is -0.491. The van der Waals surface area contributed by atoms with Crippen molar-refractivity contribution in [3.05, 3.63) is 69.4 Å². The summed E-state index contributed by atoms with van der Waals surface area (Å²) in [6.07, 6.45) is 1.53. The number of H-pyrrole nitrogens is 1. The number of nitro benzene ring substituents is 1. The number of nitrogens with zero attached hydrogens (tertiary/aromatic N) is 2. The molecule has 0 spiro atoms. The molecule has 1 aliphatic heterocycles. The van der Waals surface area contributed by atoms with Crippen molar-refractivity contribution in [2.45, 2.75) is 6.92 Å². The second-order valence-electron chi connectivity index (χ2n) is 7.08. The molecule has 2 N–H and O–H groups in total. The molecule has 1 aromatic heterocycles. The number of non-ortho nitro benzene ring substituents is 1. The molecule has 0 saturated carbocycles. The smallest absolute Gasteiger partial charge is 0.270 e. The van der Waals surface area contributed by atoms with Crippen LogP contribution in [0.2, 0.25) is 0 Å². The molecule has 0 unspecified atom stereocenters. The van der Waals surface area contributed by atoms with E-state index in [1.165, 1.54) is 18.3 Å². The fourth-order valence-electron chi connectivity index (χ4n) is 3.49. The second kappa shape index (κ2) is 8.19. The monoisotopic (exact) mass is 424 g/mol. The summed E-state index contributed by atoms with van der Waals surface area (Å²) in [6.45, 7) is 3.32. The first kappa shape index (κ1) is 20.0. The average Bonchev–Trinajstić information content (AvgIpc) is 3.18. The highest BCUT2D eigenvalue weighted by atomic mass is 32.2. The minimum Gasteiger partial charge on any atom is -0.360 e. The van der Waals surface area contributed by atoms with E-state index in [1.807, 2.05) is 23.6 Å². The zero-order valence-electron chi connectivity index (χ0n) is 16.3. The topological polar surface area (TPSA) is 108 Å². The summed E-state index contributed by atoms with van der Waals surface area (Å²) in [6, 6.07) is 9.56. The van der Waals surface area contributed by atoms with Gasteiger partial charge in [0.25, 0.3) is 17.5 Å². The number of aromatic amines is 1. The lowest BCUT2D eigenvalue weighted by molar-refractivity contribution is -0.384. The van der Waals surface area contributed by atoms with Gasteiger partial charge in [0, 0.05) is 65.1 Å². The first-order chi connectivity index (χ1) is 14.4. The van der Waals surface area contributed by atoms with Crippen molar-refractivity contribution in [3.63, 3.8) is 0 Å². The summed E-state index contributed by atoms with van der Waals surface area (Å²) >= 11 is 1.84. The van der Waals surface area contributed by atoms with Crippen LogP contribution < -0.4 is 5.32 Å². The summed E-state index contributed by atoms with van der Waals surface area (Å²) < 4.78 is 0. The van der Waals surface area contributed by atoms with Crippen LogP contribution in [0.5, 0.6) is 0 Å². The summed E-state index contributed by atoms with van der Waals surface area (Å²) in [7, 11) is 0. The van der Waals surface area contributed by atoms with Gasteiger partial charge in [0.2, 0.25) is 0 Å². The van der Waals surface area contributed by atoms with Crippen LogP contribution in [0.4, 0.5) is 11.4 Å². The van der Waals surface area contributed by atoms with E-state index in [2.05, 4.69) is 10.3 Å². The summed E-state index contributed by atoms with van der Waals surface area (Å²) in [4.78, 5) is 40.9. The molecular formula is C21H20N4O4S. The summed E-state index contributed by atoms with van der Waals surface area (Å²) in [5, 5.41) is 14.4. The maximum atomic E-state index is 12.8. The van der Waals surface area contributed by atoms with Crippen LogP contribution in [0.15, 0.2) is 42.6 Å². The Bertz CT molecular complexity index is 1150. The summed E-state index contributed by atoms with van der Waals surface area (Å²) in [5.74, 6) is 1.51. The highest BCUT2D eigenvalue weighted by molar-refractivity contribution is 7.99. The number of nitro groups is 1. The fraction of sp³-hybridized carbons (Fsp3) is 0.238. The molecule has 2 amide bonds. The number of carbonyl (C=O) groups is 2. The van der Waals surface area contributed by atoms with Crippen molar-refractivity contribution < 1.29 is 14.5 Å². The van der Waals surface area contributed by atoms with Gasteiger partial charge < -0.3 is 15.2 Å². The van der Waals surface area contributed by atoms with Crippen molar-refractivity contribution >= 4 is 45.9 Å². The van der Waals surface area contributed by atoms with E-state index in [1.54, 1.807) is 24.3 Å². The molecule has 4 rings (SSSR count). The van der Waals surface area contributed by atoms with Gasteiger partial charge in [0.05, 0.1) is 10.5 Å². The van der Waals surface area contributed by atoms with E-state index in [0.717, 1.165) is 30.2 Å².